The van der Waals surface area contributed by atoms with Crippen LogP contribution in [-0.4, -0.2) is 25.8 Å². The number of nitrogens with zero attached hydrogens (tertiary/aromatic N) is 3. The first kappa shape index (κ1) is 10.2. The number of anilines is 1. The summed E-state index contributed by atoms with van der Waals surface area (Å²) in [7, 11) is 1.67. The fourth-order valence-corrected chi connectivity index (χ4v) is 1.23. The maximum atomic E-state index is 11.7. The highest BCUT2D eigenvalue weighted by Gasteiger charge is 2.09. The van der Waals surface area contributed by atoms with E-state index in [0.29, 0.717) is 11.5 Å². The van der Waals surface area contributed by atoms with E-state index in [1.54, 1.807) is 19.2 Å². The average Bonchev–Trinajstić information content (AvgIpc) is 2.64. The van der Waals surface area contributed by atoms with Gasteiger partial charge in [-0.1, -0.05) is 6.07 Å². The first-order chi connectivity index (χ1) is 7.66. The molecular weight excluding hydrogens is 208 g/mol. The van der Waals surface area contributed by atoms with Crippen molar-refractivity contribution in [2.45, 2.75) is 0 Å². The lowest BCUT2D eigenvalue weighted by atomic mass is 10.2. The summed E-state index contributed by atoms with van der Waals surface area (Å²) in [6.45, 7) is 0. The number of phenolic OH excluding ortho intramolecular Hbond substituents is 1. The van der Waals surface area contributed by atoms with Crippen LogP contribution in [-0.2, 0) is 7.05 Å². The maximum Gasteiger partial charge on any atom is 0.258 e. The third-order valence-corrected chi connectivity index (χ3v) is 2.05. The Labute approximate surface area is 91.6 Å². The molecule has 2 N–H and O–H groups in total. The van der Waals surface area contributed by atoms with Crippen LogP contribution < -0.4 is 5.32 Å². The molecule has 0 saturated carbocycles. The Bertz CT molecular complexity index is 521. The van der Waals surface area contributed by atoms with Gasteiger partial charge < -0.3 is 5.11 Å². The second-order valence-electron chi connectivity index (χ2n) is 3.21. The molecule has 0 unspecified atom stereocenters. The average molecular weight is 218 g/mol. The number of rotatable bonds is 2. The smallest absolute Gasteiger partial charge is 0.258 e. The van der Waals surface area contributed by atoms with Gasteiger partial charge in [0.2, 0.25) is 5.95 Å². The number of benzene rings is 1. The zero-order valence-corrected chi connectivity index (χ0v) is 8.58. The van der Waals surface area contributed by atoms with Gasteiger partial charge in [0, 0.05) is 12.6 Å². The van der Waals surface area contributed by atoms with Crippen LogP contribution in [0.15, 0.2) is 30.6 Å². The minimum Gasteiger partial charge on any atom is -0.508 e. The molecule has 1 aromatic carbocycles. The van der Waals surface area contributed by atoms with Crippen LogP contribution in [0, 0.1) is 0 Å². The van der Waals surface area contributed by atoms with Gasteiger partial charge in [0.1, 0.15) is 12.1 Å². The van der Waals surface area contributed by atoms with Crippen molar-refractivity contribution in [3.8, 4) is 5.75 Å². The van der Waals surface area contributed by atoms with Crippen LogP contribution in [0.3, 0.4) is 0 Å². The quantitative estimate of drug-likeness (QED) is 0.780. The number of aryl methyl sites for hydroxylation is 1. The standard InChI is InChI=1S/C10H10N4O2/c1-14-10(11-6-12-14)13-9(16)7-3-2-4-8(15)5-7/h2-6,15H,1H3,(H,11,12,13,16). The topological polar surface area (TPSA) is 80.0 Å². The third-order valence-electron chi connectivity index (χ3n) is 2.05. The summed E-state index contributed by atoms with van der Waals surface area (Å²) < 4.78 is 1.45. The lowest BCUT2D eigenvalue weighted by Crippen LogP contribution is -2.15. The minimum absolute atomic E-state index is 0.0469. The normalized spacial score (nSPS) is 10.1. The molecule has 2 aromatic rings. The van der Waals surface area contributed by atoms with Gasteiger partial charge in [0.15, 0.2) is 0 Å². The molecule has 16 heavy (non-hydrogen) atoms. The SMILES string of the molecule is Cn1ncnc1NC(=O)c1cccc(O)c1. The predicted octanol–water partition coefficient (Wildman–Crippen LogP) is 0.773. The Morgan fingerprint density at radius 2 is 2.31 bits per heavy atom. The van der Waals surface area contributed by atoms with E-state index in [0.717, 1.165) is 0 Å². The maximum absolute atomic E-state index is 11.7. The molecule has 0 spiro atoms. The molecule has 2 rings (SSSR count). The largest absolute Gasteiger partial charge is 0.508 e. The highest BCUT2D eigenvalue weighted by Crippen LogP contribution is 2.12. The van der Waals surface area contributed by atoms with Crippen LogP contribution in [0.1, 0.15) is 10.4 Å². The molecule has 0 aliphatic rings. The van der Waals surface area contributed by atoms with Gasteiger partial charge in [0.05, 0.1) is 0 Å². The van der Waals surface area contributed by atoms with Crippen molar-refractivity contribution in [3.05, 3.63) is 36.2 Å². The summed E-state index contributed by atoms with van der Waals surface area (Å²) in [6.07, 6.45) is 1.35. The van der Waals surface area contributed by atoms with Gasteiger partial charge in [-0.2, -0.15) is 10.1 Å². The molecule has 0 radical (unpaired) electrons. The molecule has 6 nitrogen and oxygen atoms in total. The number of carbonyl (C=O) groups is 1. The summed E-state index contributed by atoms with van der Waals surface area (Å²) in [5.41, 5.74) is 0.364. The summed E-state index contributed by atoms with van der Waals surface area (Å²) >= 11 is 0. The van der Waals surface area contributed by atoms with Crippen molar-refractivity contribution >= 4 is 11.9 Å². The van der Waals surface area contributed by atoms with Gasteiger partial charge in [-0.3, -0.25) is 10.1 Å². The predicted molar refractivity (Wildman–Crippen MR) is 57.1 cm³/mol. The van der Waals surface area contributed by atoms with Gasteiger partial charge >= 0.3 is 0 Å². The first-order valence-corrected chi connectivity index (χ1v) is 4.61. The number of carbonyl (C=O) groups excluding carboxylic acids is 1. The Morgan fingerprint density at radius 3 is 2.94 bits per heavy atom. The zero-order valence-electron chi connectivity index (χ0n) is 8.58. The molecular formula is C10H10N4O2. The lowest BCUT2D eigenvalue weighted by molar-refractivity contribution is 0.102. The van der Waals surface area contributed by atoms with E-state index in [4.69, 9.17) is 0 Å². The Balaban J connectivity index is 2.18. The number of aromatic nitrogens is 3. The Kier molecular flexibility index (Phi) is 2.55. The second kappa shape index (κ2) is 4.01. The van der Waals surface area contributed by atoms with Crippen molar-refractivity contribution in [3.63, 3.8) is 0 Å². The van der Waals surface area contributed by atoms with Crippen molar-refractivity contribution < 1.29 is 9.90 Å². The molecule has 6 heteroatoms. The first-order valence-electron chi connectivity index (χ1n) is 4.61. The van der Waals surface area contributed by atoms with E-state index in [-0.39, 0.29) is 11.7 Å². The Hall–Kier alpha value is -2.37. The zero-order chi connectivity index (χ0) is 11.5. The second-order valence-corrected chi connectivity index (χ2v) is 3.21. The molecule has 1 amide bonds. The number of hydrogen-bond acceptors (Lipinski definition) is 4. The van der Waals surface area contributed by atoms with Crippen molar-refractivity contribution in [1.29, 1.82) is 0 Å². The number of phenols is 1. The monoisotopic (exact) mass is 218 g/mol. The van der Waals surface area contributed by atoms with Crippen LogP contribution in [0.4, 0.5) is 5.95 Å². The van der Waals surface area contributed by atoms with Crippen LogP contribution in [0.5, 0.6) is 5.75 Å². The summed E-state index contributed by atoms with van der Waals surface area (Å²) in [6, 6.07) is 6.08. The van der Waals surface area contributed by atoms with Crippen molar-refractivity contribution in [2.75, 3.05) is 5.32 Å². The highest BCUT2D eigenvalue weighted by atomic mass is 16.3. The van der Waals surface area contributed by atoms with Crippen LogP contribution in [0.2, 0.25) is 0 Å². The molecule has 0 aliphatic heterocycles. The number of amides is 1. The summed E-state index contributed by atoms with van der Waals surface area (Å²) in [5.74, 6) is 0.0611. The molecule has 82 valence electrons. The van der Waals surface area contributed by atoms with Gasteiger partial charge in [-0.25, -0.2) is 4.68 Å². The molecule has 1 heterocycles. The minimum atomic E-state index is -0.341. The third kappa shape index (κ3) is 2.00. The number of hydrogen-bond donors (Lipinski definition) is 2. The molecule has 0 fully saturated rings. The molecule has 0 saturated heterocycles. The molecule has 0 aliphatic carbocycles. The van der Waals surface area contributed by atoms with Crippen LogP contribution >= 0.6 is 0 Å². The fourth-order valence-electron chi connectivity index (χ4n) is 1.23. The van der Waals surface area contributed by atoms with E-state index in [2.05, 4.69) is 15.4 Å². The lowest BCUT2D eigenvalue weighted by Gasteiger charge is -2.03. The van der Waals surface area contributed by atoms with E-state index in [9.17, 15) is 9.90 Å². The van der Waals surface area contributed by atoms with Crippen LogP contribution in [0.25, 0.3) is 0 Å². The van der Waals surface area contributed by atoms with Gasteiger partial charge in [-0.05, 0) is 18.2 Å². The van der Waals surface area contributed by atoms with Gasteiger partial charge in [-0.15, -0.1) is 0 Å². The van der Waals surface area contributed by atoms with Crippen molar-refractivity contribution in [2.24, 2.45) is 7.05 Å². The fraction of sp³-hybridized carbons (Fsp3) is 0.100. The molecule has 0 atom stereocenters. The van der Waals surface area contributed by atoms with Gasteiger partial charge in [0.25, 0.3) is 5.91 Å². The number of nitrogens with one attached hydrogen (secondary N) is 1. The molecule has 0 bridgehead atoms. The van der Waals surface area contributed by atoms with E-state index >= 15 is 0 Å². The van der Waals surface area contributed by atoms with E-state index in [1.165, 1.54) is 23.1 Å². The van der Waals surface area contributed by atoms with E-state index in [1.807, 2.05) is 0 Å². The van der Waals surface area contributed by atoms with E-state index < -0.39 is 0 Å². The summed E-state index contributed by atoms with van der Waals surface area (Å²) in [5, 5.41) is 15.6. The highest BCUT2D eigenvalue weighted by molar-refractivity contribution is 6.03. The number of aromatic hydroxyl groups is 1. The summed E-state index contributed by atoms with van der Waals surface area (Å²) in [4.78, 5) is 15.6. The van der Waals surface area contributed by atoms with Crippen molar-refractivity contribution in [1.82, 2.24) is 14.8 Å². The molecule has 1 aromatic heterocycles. The Morgan fingerprint density at radius 1 is 1.50 bits per heavy atom.